The molecule has 0 aromatic rings. The number of nitrogens with one attached hydrogen (secondary N) is 1. The monoisotopic (exact) mass is 172 g/mol. The molecule has 0 aromatic carbocycles. The van der Waals surface area contributed by atoms with Crippen molar-refractivity contribution in [2.75, 3.05) is 0 Å². The van der Waals surface area contributed by atoms with Crippen molar-refractivity contribution < 1.29 is 4.79 Å². The second-order valence-electron chi connectivity index (χ2n) is 4.08. The summed E-state index contributed by atoms with van der Waals surface area (Å²) >= 11 is 0. The molecule has 3 nitrogen and oxygen atoms in total. The third-order valence-corrected chi connectivity index (χ3v) is 2.79. The van der Waals surface area contributed by atoms with Gasteiger partial charge in [-0.3, -0.25) is 0 Å². The zero-order valence-corrected chi connectivity index (χ0v) is 8.64. The first-order valence-corrected chi connectivity index (χ1v) is 4.38. The van der Waals surface area contributed by atoms with Crippen molar-refractivity contribution in [1.29, 1.82) is 0 Å². The van der Waals surface area contributed by atoms with Gasteiger partial charge in [-0.05, 0) is 18.8 Å². The standard InChI is InChI=1S/C9H20N2O/c1-6(2)9(5,7(3)4)11-8(10)12/h6-7H,1-5H3,(H3,10,11,12). The predicted octanol–water partition coefficient (Wildman–Crippen LogP) is 1.73. The van der Waals surface area contributed by atoms with E-state index in [1.165, 1.54) is 0 Å². The molecule has 3 N–H and O–H groups in total. The normalized spacial score (nSPS) is 12.2. The zero-order valence-electron chi connectivity index (χ0n) is 8.64. The van der Waals surface area contributed by atoms with E-state index in [0.717, 1.165) is 0 Å². The fourth-order valence-corrected chi connectivity index (χ4v) is 1.22. The Hall–Kier alpha value is -0.730. The minimum Gasteiger partial charge on any atom is -0.352 e. The maximum atomic E-state index is 10.7. The molecular formula is C9H20N2O. The second-order valence-corrected chi connectivity index (χ2v) is 4.08. The lowest BCUT2D eigenvalue weighted by molar-refractivity contribution is 0.183. The lowest BCUT2D eigenvalue weighted by Crippen LogP contribution is -2.55. The Kier molecular flexibility index (Phi) is 3.55. The minimum atomic E-state index is -0.445. The highest BCUT2D eigenvalue weighted by Gasteiger charge is 2.32. The predicted molar refractivity (Wildman–Crippen MR) is 50.8 cm³/mol. The van der Waals surface area contributed by atoms with Crippen molar-refractivity contribution in [2.24, 2.45) is 17.6 Å². The van der Waals surface area contributed by atoms with E-state index >= 15 is 0 Å². The van der Waals surface area contributed by atoms with Crippen LogP contribution in [0.2, 0.25) is 0 Å². The van der Waals surface area contributed by atoms with Crippen LogP contribution in [0.5, 0.6) is 0 Å². The molecule has 3 heteroatoms. The summed E-state index contributed by atoms with van der Waals surface area (Å²) in [5.74, 6) is 0.759. The molecule has 0 aliphatic heterocycles. The van der Waals surface area contributed by atoms with E-state index in [0.29, 0.717) is 11.8 Å². The molecule has 0 atom stereocenters. The number of hydrogen-bond acceptors (Lipinski definition) is 1. The highest BCUT2D eigenvalue weighted by atomic mass is 16.2. The number of carbonyl (C=O) groups is 1. The van der Waals surface area contributed by atoms with Gasteiger partial charge in [-0.15, -0.1) is 0 Å². The van der Waals surface area contributed by atoms with Gasteiger partial charge in [0.05, 0.1) is 0 Å². The summed E-state index contributed by atoms with van der Waals surface area (Å²) in [5, 5.41) is 2.79. The highest BCUT2D eigenvalue weighted by Crippen LogP contribution is 2.25. The van der Waals surface area contributed by atoms with Gasteiger partial charge in [0.2, 0.25) is 0 Å². The van der Waals surface area contributed by atoms with Gasteiger partial charge < -0.3 is 11.1 Å². The van der Waals surface area contributed by atoms with Crippen LogP contribution < -0.4 is 11.1 Å². The maximum Gasteiger partial charge on any atom is 0.312 e. The molecule has 0 bridgehead atoms. The number of hydrogen-bond donors (Lipinski definition) is 2. The summed E-state index contributed by atoms with van der Waals surface area (Å²) in [6.45, 7) is 10.3. The molecule has 0 fully saturated rings. The fourth-order valence-electron chi connectivity index (χ4n) is 1.22. The van der Waals surface area contributed by atoms with Crippen molar-refractivity contribution in [1.82, 2.24) is 5.32 Å². The first-order valence-electron chi connectivity index (χ1n) is 4.38. The quantitative estimate of drug-likeness (QED) is 0.669. The molecule has 0 aliphatic carbocycles. The van der Waals surface area contributed by atoms with E-state index in [-0.39, 0.29) is 5.54 Å². The van der Waals surface area contributed by atoms with Crippen molar-refractivity contribution in [3.8, 4) is 0 Å². The molecule has 0 radical (unpaired) electrons. The number of amides is 2. The molecule has 0 unspecified atom stereocenters. The molecule has 0 aliphatic rings. The minimum absolute atomic E-state index is 0.203. The average molecular weight is 172 g/mol. The van der Waals surface area contributed by atoms with E-state index in [2.05, 4.69) is 33.0 Å². The molecule has 12 heavy (non-hydrogen) atoms. The number of primary amides is 1. The van der Waals surface area contributed by atoms with E-state index in [9.17, 15) is 4.79 Å². The SMILES string of the molecule is CC(C)C(C)(NC(N)=O)C(C)C. The van der Waals surface area contributed by atoms with Gasteiger partial charge in [-0.25, -0.2) is 4.79 Å². The van der Waals surface area contributed by atoms with Crippen LogP contribution in [-0.4, -0.2) is 11.6 Å². The van der Waals surface area contributed by atoms with E-state index in [4.69, 9.17) is 5.73 Å². The van der Waals surface area contributed by atoms with Crippen LogP contribution in [0.1, 0.15) is 34.6 Å². The average Bonchev–Trinajstić information content (AvgIpc) is 1.84. The van der Waals surface area contributed by atoms with Crippen LogP contribution in [0.3, 0.4) is 0 Å². The van der Waals surface area contributed by atoms with Crippen LogP contribution in [-0.2, 0) is 0 Å². The van der Waals surface area contributed by atoms with Gasteiger partial charge in [0.25, 0.3) is 0 Å². The zero-order chi connectivity index (χ0) is 9.94. The molecule has 0 aromatic heterocycles. The summed E-state index contributed by atoms with van der Waals surface area (Å²) in [6, 6.07) is -0.445. The van der Waals surface area contributed by atoms with Gasteiger partial charge >= 0.3 is 6.03 Å². The van der Waals surface area contributed by atoms with Gasteiger partial charge in [0.15, 0.2) is 0 Å². The van der Waals surface area contributed by atoms with Crippen molar-refractivity contribution in [3.05, 3.63) is 0 Å². The topological polar surface area (TPSA) is 55.1 Å². The summed E-state index contributed by atoms with van der Waals surface area (Å²) in [6.07, 6.45) is 0. The number of rotatable bonds is 3. The van der Waals surface area contributed by atoms with Gasteiger partial charge in [-0.1, -0.05) is 27.7 Å². The maximum absolute atomic E-state index is 10.7. The molecule has 0 saturated heterocycles. The largest absolute Gasteiger partial charge is 0.352 e. The lowest BCUT2D eigenvalue weighted by atomic mass is 9.79. The molecule has 0 rings (SSSR count). The Labute approximate surface area is 74.7 Å². The van der Waals surface area contributed by atoms with Crippen LogP contribution in [0.25, 0.3) is 0 Å². The second kappa shape index (κ2) is 3.78. The lowest BCUT2D eigenvalue weighted by Gasteiger charge is -2.38. The summed E-state index contributed by atoms with van der Waals surface area (Å²) in [7, 11) is 0. The number of nitrogens with two attached hydrogens (primary N) is 1. The first-order chi connectivity index (χ1) is 5.30. The Morgan fingerprint density at radius 1 is 1.25 bits per heavy atom. The van der Waals surface area contributed by atoms with Crippen LogP contribution in [0.4, 0.5) is 4.79 Å². The molecule has 72 valence electrons. The highest BCUT2D eigenvalue weighted by molar-refractivity contribution is 5.72. The molecule has 2 amide bonds. The Morgan fingerprint density at radius 2 is 1.58 bits per heavy atom. The van der Waals surface area contributed by atoms with Crippen molar-refractivity contribution in [3.63, 3.8) is 0 Å². The molecule has 0 saturated carbocycles. The van der Waals surface area contributed by atoms with Gasteiger partial charge in [-0.2, -0.15) is 0 Å². The Morgan fingerprint density at radius 3 is 1.67 bits per heavy atom. The Balaban J connectivity index is 4.51. The Bertz CT molecular complexity index is 156. The molecule has 0 spiro atoms. The van der Waals surface area contributed by atoms with Gasteiger partial charge in [0, 0.05) is 5.54 Å². The number of urea groups is 1. The van der Waals surface area contributed by atoms with E-state index in [1.54, 1.807) is 0 Å². The van der Waals surface area contributed by atoms with Crippen LogP contribution >= 0.6 is 0 Å². The third kappa shape index (κ3) is 2.40. The third-order valence-electron chi connectivity index (χ3n) is 2.79. The fraction of sp³-hybridized carbons (Fsp3) is 0.889. The summed E-state index contributed by atoms with van der Waals surface area (Å²) < 4.78 is 0. The van der Waals surface area contributed by atoms with E-state index in [1.807, 2.05) is 6.92 Å². The summed E-state index contributed by atoms with van der Waals surface area (Å²) in [4.78, 5) is 10.7. The molecular weight excluding hydrogens is 152 g/mol. The summed E-state index contributed by atoms with van der Waals surface area (Å²) in [5.41, 5.74) is 4.90. The van der Waals surface area contributed by atoms with Crippen molar-refractivity contribution in [2.45, 2.75) is 40.2 Å². The van der Waals surface area contributed by atoms with Crippen molar-refractivity contribution >= 4 is 6.03 Å². The molecule has 0 heterocycles. The van der Waals surface area contributed by atoms with Crippen LogP contribution in [0, 0.1) is 11.8 Å². The first kappa shape index (κ1) is 11.3. The number of carbonyl (C=O) groups excluding carboxylic acids is 1. The smallest absolute Gasteiger partial charge is 0.312 e. The van der Waals surface area contributed by atoms with Gasteiger partial charge in [0.1, 0.15) is 0 Å². The van der Waals surface area contributed by atoms with Crippen LogP contribution in [0.15, 0.2) is 0 Å². The van der Waals surface area contributed by atoms with E-state index < -0.39 is 6.03 Å².